The van der Waals surface area contributed by atoms with Gasteiger partial charge in [0, 0.05) is 33.3 Å². The third-order valence-electron chi connectivity index (χ3n) is 8.33. The molecule has 5 aliphatic rings. The van der Waals surface area contributed by atoms with Gasteiger partial charge in [0.2, 0.25) is 0 Å². The normalized spacial score (nSPS) is 56.4. The summed E-state index contributed by atoms with van der Waals surface area (Å²) in [5.41, 5.74) is 0. The molecule has 10 unspecified atom stereocenters. The lowest BCUT2D eigenvalue weighted by Crippen LogP contribution is -2.35. The first-order valence-electron chi connectivity index (χ1n) is 9.90. The van der Waals surface area contributed by atoms with Gasteiger partial charge in [-0.25, -0.2) is 0 Å². The third-order valence-corrected chi connectivity index (χ3v) is 9.99. The fourth-order valence-electron chi connectivity index (χ4n) is 7.38. The molecule has 0 amide bonds. The fourth-order valence-corrected chi connectivity index (χ4v) is 8.72. The lowest BCUT2D eigenvalue weighted by atomic mass is 9.64. The molecule has 5 fully saturated rings. The molecule has 132 valence electrons. The van der Waals surface area contributed by atoms with Crippen LogP contribution in [-0.4, -0.2) is 21.2 Å². The van der Waals surface area contributed by atoms with E-state index in [9.17, 15) is 9.59 Å². The molecule has 0 bridgehead atoms. The van der Waals surface area contributed by atoms with Crippen LogP contribution in [-0.2, 0) is 9.59 Å². The van der Waals surface area contributed by atoms with Crippen molar-refractivity contribution in [3.05, 3.63) is 0 Å². The number of halogens is 2. The number of hydrogen-bond acceptors (Lipinski definition) is 2. The highest BCUT2D eigenvalue weighted by Gasteiger charge is 2.60. The molecule has 5 rings (SSSR count). The summed E-state index contributed by atoms with van der Waals surface area (Å²) in [5, 5.41) is 0. The van der Waals surface area contributed by atoms with E-state index in [1.165, 1.54) is 32.1 Å². The molecule has 0 heterocycles. The highest BCUT2D eigenvalue weighted by atomic mass is 79.9. The van der Waals surface area contributed by atoms with Crippen molar-refractivity contribution in [1.82, 2.24) is 0 Å². The lowest BCUT2D eigenvalue weighted by molar-refractivity contribution is -0.129. The second kappa shape index (κ2) is 5.90. The Labute approximate surface area is 161 Å². The van der Waals surface area contributed by atoms with E-state index in [0.717, 1.165) is 19.3 Å². The van der Waals surface area contributed by atoms with Crippen LogP contribution in [0.4, 0.5) is 0 Å². The summed E-state index contributed by atoms with van der Waals surface area (Å²) in [6, 6.07) is 0. The summed E-state index contributed by atoms with van der Waals surface area (Å²) in [5.74, 6) is 4.49. The first-order chi connectivity index (χ1) is 11.5. The molecule has 24 heavy (non-hydrogen) atoms. The maximum Gasteiger partial charge on any atom is 0.139 e. The highest BCUT2D eigenvalue weighted by molar-refractivity contribution is 9.09. The Morgan fingerprint density at radius 2 is 0.958 bits per heavy atom. The Hall–Kier alpha value is 0.300. The summed E-state index contributed by atoms with van der Waals surface area (Å²) >= 11 is 7.50. The number of alkyl halides is 2. The maximum atomic E-state index is 13.0. The number of rotatable bonds is 0. The summed E-state index contributed by atoms with van der Waals surface area (Å²) in [6.07, 6.45) is 9.03. The number of Topliss-reactive ketones (excluding diaryl/α,β-unsaturated/α-hetero) is 2. The van der Waals surface area contributed by atoms with Crippen LogP contribution in [0.15, 0.2) is 0 Å². The van der Waals surface area contributed by atoms with Gasteiger partial charge in [-0.05, 0) is 75.0 Å². The van der Waals surface area contributed by atoms with Crippen LogP contribution < -0.4 is 0 Å². The molecule has 0 radical (unpaired) electrons. The summed E-state index contributed by atoms with van der Waals surface area (Å²) < 4.78 is 0. The largest absolute Gasteiger partial charge is 0.299 e. The number of hydrogen-bond donors (Lipinski definition) is 0. The number of ketones is 2. The Bertz CT molecular complexity index is 528. The molecule has 0 N–H and O–H groups in total. The predicted molar refractivity (Wildman–Crippen MR) is 100 cm³/mol. The fraction of sp³-hybridized carbons (Fsp3) is 0.900. The van der Waals surface area contributed by atoms with Gasteiger partial charge < -0.3 is 0 Å². The van der Waals surface area contributed by atoms with Crippen molar-refractivity contribution in [2.45, 2.75) is 61.0 Å². The number of carbonyl (C=O) groups is 2. The monoisotopic (exact) mass is 456 g/mol. The van der Waals surface area contributed by atoms with Crippen LogP contribution in [0, 0.1) is 47.3 Å². The Morgan fingerprint density at radius 1 is 0.542 bits per heavy atom. The van der Waals surface area contributed by atoms with E-state index < -0.39 is 0 Å². The molecule has 10 atom stereocenters. The molecule has 5 aliphatic carbocycles. The Balaban J connectivity index is 1.42. The molecule has 5 saturated carbocycles. The molecule has 0 aromatic heterocycles. The zero-order chi connectivity index (χ0) is 16.6. The molecule has 0 aromatic rings. The van der Waals surface area contributed by atoms with Gasteiger partial charge in [-0.15, -0.1) is 0 Å². The second-order valence-electron chi connectivity index (χ2n) is 9.18. The molecular formula is C20H26Br2O2. The van der Waals surface area contributed by atoms with Crippen molar-refractivity contribution >= 4 is 43.4 Å². The number of carbonyl (C=O) groups excluding carboxylic acids is 2. The van der Waals surface area contributed by atoms with Crippen molar-refractivity contribution in [1.29, 1.82) is 0 Å². The number of fused-ring (bicyclic) bond motifs is 6. The first kappa shape index (κ1) is 16.5. The average molecular weight is 458 g/mol. The van der Waals surface area contributed by atoms with Gasteiger partial charge in [0.25, 0.3) is 0 Å². The lowest BCUT2D eigenvalue weighted by Gasteiger charge is -2.40. The van der Waals surface area contributed by atoms with Crippen molar-refractivity contribution < 1.29 is 9.59 Å². The van der Waals surface area contributed by atoms with Gasteiger partial charge in [0.1, 0.15) is 11.6 Å². The molecule has 0 spiro atoms. The first-order valence-corrected chi connectivity index (χ1v) is 11.7. The van der Waals surface area contributed by atoms with E-state index in [1.54, 1.807) is 0 Å². The standard InChI is InChI=1S/C20H26Br2O2/c21-9-1-3-11-13-7-14-12-4-2-10(22)6-16(12)20(24)18(14)8-17(13)19(23)15(11)5-9/h9-18H,1-8H2. The van der Waals surface area contributed by atoms with Gasteiger partial charge in [-0.3, -0.25) is 9.59 Å². The van der Waals surface area contributed by atoms with Gasteiger partial charge in [0.15, 0.2) is 0 Å². The molecular weight excluding hydrogens is 432 g/mol. The van der Waals surface area contributed by atoms with Crippen LogP contribution in [0.1, 0.15) is 51.4 Å². The van der Waals surface area contributed by atoms with E-state index in [4.69, 9.17) is 0 Å². The molecule has 0 aliphatic heterocycles. The quantitative estimate of drug-likeness (QED) is 0.491. The van der Waals surface area contributed by atoms with E-state index in [1.807, 2.05) is 0 Å². The van der Waals surface area contributed by atoms with Crippen LogP contribution >= 0.6 is 31.9 Å². The minimum Gasteiger partial charge on any atom is -0.299 e. The molecule has 0 aromatic carbocycles. The SMILES string of the molecule is O=C1C2CC(Br)CCC2C2CC3C(CC12)C(=O)C1CC(Br)CCC13. The highest BCUT2D eigenvalue weighted by Crippen LogP contribution is 2.61. The van der Waals surface area contributed by atoms with Crippen molar-refractivity contribution in [2.75, 3.05) is 0 Å². The summed E-state index contributed by atoms with van der Waals surface area (Å²) in [6.45, 7) is 0. The Kier molecular flexibility index (Phi) is 4.05. The van der Waals surface area contributed by atoms with Crippen LogP contribution in [0.3, 0.4) is 0 Å². The van der Waals surface area contributed by atoms with E-state index in [2.05, 4.69) is 31.9 Å². The smallest absolute Gasteiger partial charge is 0.139 e. The third kappa shape index (κ3) is 2.30. The van der Waals surface area contributed by atoms with E-state index >= 15 is 0 Å². The molecule has 2 nitrogen and oxygen atoms in total. The molecule has 4 heteroatoms. The van der Waals surface area contributed by atoms with E-state index in [-0.39, 0.29) is 11.8 Å². The maximum absolute atomic E-state index is 13.0. The van der Waals surface area contributed by atoms with Gasteiger partial charge in [-0.1, -0.05) is 31.9 Å². The second-order valence-corrected chi connectivity index (χ2v) is 11.8. The average Bonchev–Trinajstić information content (AvgIpc) is 2.99. The van der Waals surface area contributed by atoms with Crippen LogP contribution in [0.25, 0.3) is 0 Å². The summed E-state index contributed by atoms with van der Waals surface area (Å²) in [4.78, 5) is 27.1. The minimum absolute atomic E-state index is 0.211. The van der Waals surface area contributed by atoms with Gasteiger partial charge in [-0.2, -0.15) is 0 Å². The van der Waals surface area contributed by atoms with Gasteiger partial charge in [0.05, 0.1) is 0 Å². The zero-order valence-corrected chi connectivity index (χ0v) is 17.2. The Morgan fingerprint density at radius 3 is 1.42 bits per heavy atom. The summed E-state index contributed by atoms with van der Waals surface area (Å²) in [7, 11) is 0. The van der Waals surface area contributed by atoms with Crippen molar-refractivity contribution in [3.8, 4) is 0 Å². The molecule has 0 saturated heterocycles. The van der Waals surface area contributed by atoms with Gasteiger partial charge >= 0.3 is 0 Å². The van der Waals surface area contributed by atoms with Crippen LogP contribution in [0.5, 0.6) is 0 Å². The van der Waals surface area contributed by atoms with Crippen LogP contribution in [0.2, 0.25) is 0 Å². The predicted octanol–water partition coefficient (Wildman–Crippen LogP) is 4.77. The van der Waals surface area contributed by atoms with E-state index in [0.29, 0.717) is 56.7 Å². The topological polar surface area (TPSA) is 34.1 Å². The zero-order valence-electron chi connectivity index (χ0n) is 14.0. The van der Waals surface area contributed by atoms with Crippen molar-refractivity contribution in [3.63, 3.8) is 0 Å². The minimum atomic E-state index is 0.211. The van der Waals surface area contributed by atoms with Crippen molar-refractivity contribution in [2.24, 2.45) is 47.3 Å².